The SMILES string of the molecule is CCc1cc(CCl)c(C(=O)O)cc1C#N. The highest BCUT2D eigenvalue weighted by Gasteiger charge is 2.13. The Bertz CT molecular complexity index is 435. The van der Waals surface area contributed by atoms with E-state index in [1.807, 2.05) is 13.0 Å². The summed E-state index contributed by atoms with van der Waals surface area (Å²) in [7, 11) is 0. The smallest absolute Gasteiger partial charge is 0.336 e. The average molecular weight is 224 g/mol. The van der Waals surface area contributed by atoms with Crippen LogP contribution in [0.1, 0.15) is 34.0 Å². The van der Waals surface area contributed by atoms with E-state index in [-0.39, 0.29) is 11.4 Å². The van der Waals surface area contributed by atoms with Gasteiger partial charge in [0.05, 0.1) is 17.2 Å². The summed E-state index contributed by atoms with van der Waals surface area (Å²) < 4.78 is 0. The number of aromatic carboxylic acids is 1. The number of nitriles is 1. The molecule has 0 aliphatic heterocycles. The second-order valence-electron chi connectivity index (χ2n) is 3.07. The van der Waals surface area contributed by atoms with Crippen molar-refractivity contribution in [2.45, 2.75) is 19.2 Å². The Labute approximate surface area is 92.9 Å². The minimum absolute atomic E-state index is 0.110. The maximum atomic E-state index is 10.9. The summed E-state index contributed by atoms with van der Waals surface area (Å²) in [6, 6.07) is 5.06. The van der Waals surface area contributed by atoms with Crippen LogP contribution in [-0.4, -0.2) is 11.1 Å². The molecule has 0 aliphatic carbocycles. The molecule has 0 unspecified atom stereocenters. The van der Waals surface area contributed by atoms with E-state index in [4.69, 9.17) is 22.0 Å². The molecule has 1 aromatic rings. The molecule has 0 fully saturated rings. The predicted molar refractivity (Wildman–Crippen MR) is 57.1 cm³/mol. The number of hydrogen-bond donors (Lipinski definition) is 1. The molecular weight excluding hydrogens is 214 g/mol. The van der Waals surface area contributed by atoms with Crippen molar-refractivity contribution in [3.05, 3.63) is 34.4 Å². The second kappa shape index (κ2) is 4.81. The molecule has 0 aromatic heterocycles. The number of nitrogens with zero attached hydrogens (tertiary/aromatic N) is 1. The first-order chi connectivity index (χ1) is 7.13. The molecule has 0 saturated carbocycles. The van der Waals surface area contributed by atoms with Crippen LogP contribution < -0.4 is 0 Å². The molecule has 0 heterocycles. The Kier molecular flexibility index (Phi) is 3.70. The highest BCUT2D eigenvalue weighted by Crippen LogP contribution is 2.19. The molecule has 0 amide bonds. The number of carboxylic acid groups (broad SMARTS) is 1. The van der Waals surface area contributed by atoms with Crippen molar-refractivity contribution >= 4 is 17.6 Å². The van der Waals surface area contributed by atoms with Crippen LogP contribution in [-0.2, 0) is 12.3 Å². The third-order valence-electron chi connectivity index (χ3n) is 2.20. The molecule has 0 aliphatic rings. The first-order valence-corrected chi connectivity index (χ1v) is 5.02. The van der Waals surface area contributed by atoms with Gasteiger partial charge in [0.25, 0.3) is 0 Å². The van der Waals surface area contributed by atoms with E-state index in [1.54, 1.807) is 6.07 Å². The van der Waals surface area contributed by atoms with Gasteiger partial charge >= 0.3 is 5.97 Å². The van der Waals surface area contributed by atoms with Gasteiger partial charge in [-0.2, -0.15) is 5.26 Å². The molecule has 0 atom stereocenters. The van der Waals surface area contributed by atoms with E-state index in [2.05, 4.69) is 0 Å². The van der Waals surface area contributed by atoms with Gasteiger partial charge in [0, 0.05) is 5.88 Å². The summed E-state index contributed by atoms with van der Waals surface area (Å²) in [5.74, 6) is -0.912. The first-order valence-electron chi connectivity index (χ1n) is 4.49. The summed E-state index contributed by atoms with van der Waals surface area (Å²) >= 11 is 5.65. The zero-order valence-corrected chi connectivity index (χ0v) is 9.01. The summed E-state index contributed by atoms with van der Waals surface area (Å²) in [5.41, 5.74) is 1.90. The van der Waals surface area contributed by atoms with Gasteiger partial charge in [-0.25, -0.2) is 4.79 Å². The van der Waals surface area contributed by atoms with Crippen LogP contribution in [0, 0.1) is 11.3 Å². The largest absolute Gasteiger partial charge is 0.478 e. The highest BCUT2D eigenvalue weighted by molar-refractivity contribution is 6.17. The fourth-order valence-corrected chi connectivity index (χ4v) is 1.62. The normalized spacial score (nSPS) is 9.67. The number of alkyl halides is 1. The van der Waals surface area contributed by atoms with Crippen LogP contribution in [0.5, 0.6) is 0 Å². The van der Waals surface area contributed by atoms with Crippen molar-refractivity contribution in [2.75, 3.05) is 0 Å². The minimum Gasteiger partial charge on any atom is -0.478 e. The van der Waals surface area contributed by atoms with E-state index >= 15 is 0 Å². The molecule has 3 nitrogen and oxygen atoms in total. The molecule has 0 bridgehead atoms. The third kappa shape index (κ3) is 2.28. The maximum absolute atomic E-state index is 10.9. The molecule has 0 radical (unpaired) electrons. The Morgan fingerprint density at radius 3 is 2.60 bits per heavy atom. The number of halogens is 1. The van der Waals surface area contributed by atoms with E-state index < -0.39 is 5.97 Å². The Balaban J connectivity index is 3.42. The molecule has 4 heteroatoms. The number of hydrogen-bond acceptors (Lipinski definition) is 2. The van der Waals surface area contributed by atoms with Crippen LogP contribution in [0.15, 0.2) is 12.1 Å². The van der Waals surface area contributed by atoms with Crippen LogP contribution >= 0.6 is 11.6 Å². The van der Waals surface area contributed by atoms with Crippen LogP contribution in [0.25, 0.3) is 0 Å². The van der Waals surface area contributed by atoms with Crippen LogP contribution in [0.4, 0.5) is 0 Å². The Morgan fingerprint density at radius 1 is 1.53 bits per heavy atom. The fourth-order valence-electron chi connectivity index (χ4n) is 1.40. The molecular formula is C11H10ClNO2. The molecule has 1 N–H and O–H groups in total. The lowest BCUT2D eigenvalue weighted by Gasteiger charge is -2.07. The lowest BCUT2D eigenvalue weighted by Crippen LogP contribution is -2.04. The molecule has 15 heavy (non-hydrogen) atoms. The van der Waals surface area contributed by atoms with Gasteiger partial charge in [-0.15, -0.1) is 11.6 Å². The monoisotopic (exact) mass is 223 g/mol. The highest BCUT2D eigenvalue weighted by atomic mass is 35.5. The van der Waals surface area contributed by atoms with Crippen molar-refractivity contribution in [1.82, 2.24) is 0 Å². The van der Waals surface area contributed by atoms with Gasteiger partial charge in [-0.1, -0.05) is 13.0 Å². The Morgan fingerprint density at radius 2 is 2.20 bits per heavy atom. The Hall–Kier alpha value is -1.53. The van der Waals surface area contributed by atoms with Crippen molar-refractivity contribution in [3.8, 4) is 6.07 Å². The zero-order chi connectivity index (χ0) is 11.4. The molecule has 1 rings (SSSR count). The van der Waals surface area contributed by atoms with E-state index in [0.29, 0.717) is 17.5 Å². The summed E-state index contributed by atoms with van der Waals surface area (Å²) in [4.78, 5) is 10.9. The number of rotatable bonds is 3. The second-order valence-corrected chi connectivity index (χ2v) is 3.34. The number of aryl methyl sites for hydroxylation is 1. The van der Waals surface area contributed by atoms with Crippen molar-refractivity contribution in [2.24, 2.45) is 0 Å². The lowest BCUT2D eigenvalue weighted by atomic mass is 9.98. The molecule has 78 valence electrons. The summed E-state index contributed by atoms with van der Waals surface area (Å²) in [6.45, 7) is 1.91. The van der Waals surface area contributed by atoms with Gasteiger partial charge in [-0.3, -0.25) is 0 Å². The van der Waals surface area contributed by atoms with Gasteiger partial charge in [0.15, 0.2) is 0 Å². The number of carbonyl (C=O) groups is 1. The number of carboxylic acids is 1. The third-order valence-corrected chi connectivity index (χ3v) is 2.49. The zero-order valence-electron chi connectivity index (χ0n) is 8.25. The summed E-state index contributed by atoms with van der Waals surface area (Å²) in [6.07, 6.45) is 0.687. The van der Waals surface area contributed by atoms with Crippen molar-refractivity contribution in [3.63, 3.8) is 0 Å². The van der Waals surface area contributed by atoms with Gasteiger partial charge in [0.2, 0.25) is 0 Å². The van der Waals surface area contributed by atoms with E-state index in [1.165, 1.54) is 6.07 Å². The predicted octanol–water partition coefficient (Wildman–Crippen LogP) is 2.56. The van der Waals surface area contributed by atoms with Crippen molar-refractivity contribution in [1.29, 1.82) is 5.26 Å². The summed E-state index contributed by atoms with van der Waals surface area (Å²) in [5, 5.41) is 17.8. The van der Waals surface area contributed by atoms with Crippen LogP contribution in [0.3, 0.4) is 0 Å². The van der Waals surface area contributed by atoms with Crippen molar-refractivity contribution < 1.29 is 9.90 Å². The van der Waals surface area contributed by atoms with Gasteiger partial charge in [0.1, 0.15) is 0 Å². The van der Waals surface area contributed by atoms with Gasteiger partial charge < -0.3 is 5.11 Å². The quantitative estimate of drug-likeness (QED) is 0.801. The molecule has 1 aromatic carbocycles. The first kappa shape index (κ1) is 11.5. The van der Waals surface area contributed by atoms with Crippen LogP contribution in [0.2, 0.25) is 0 Å². The number of benzene rings is 1. The van der Waals surface area contributed by atoms with Gasteiger partial charge in [-0.05, 0) is 23.6 Å². The molecule has 0 saturated heterocycles. The van der Waals surface area contributed by atoms with E-state index in [9.17, 15) is 4.79 Å². The lowest BCUT2D eigenvalue weighted by molar-refractivity contribution is 0.0696. The maximum Gasteiger partial charge on any atom is 0.336 e. The standard InChI is InChI=1S/C11H10ClNO2/c1-2-7-3-8(5-12)10(11(14)15)4-9(7)6-13/h3-4H,2,5H2,1H3,(H,14,15). The fraction of sp³-hybridized carbons (Fsp3) is 0.273. The topological polar surface area (TPSA) is 61.1 Å². The average Bonchev–Trinajstić information content (AvgIpc) is 2.26. The van der Waals surface area contributed by atoms with E-state index in [0.717, 1.165) is 5.56 Å². The minimum atomic E-state index is -1.05. The molecule has 0 spiro atoms.